The monoisotopic (exact) mass is 558 g/mol. The second-order valence-corrected chi connectivity index (χ2v) is 10.9. The molecule has 0 spiro atoms. The number of carbonyl (C=O) groups is 3. The maximum Gasteiger partial charge on any atom is 0.273 e. The average molecular weight is 559 g/mol. The summed E-state index contributed by atoms with van der Waals surface area (Å²) in [4.78, 5) is 44.0. The Kier molecular flexibility index (Phi) is 8.59. The summed E-state index contributed by atoms with van der Waals surface area (Å²) in [6, 6.07) is 21.2. The lowest BCUT2D eigenvalue weighted by atomic mass is 9.97. The molecule has 3 amide bonds. The van der Waals surface area contributed by atoms with Gasteiger partial charge in [-0.05, 0) is 73.0 Å². The van der Waals surface area contributed by atoms with Gasteiger partial charge in [0.15, 0.2) is 0 Å². The van der Waals surface area contributed by atoms with Gasteiger partial charge in [0.2, 0.25) is 11.8 Å². The number of hydrogen-bond acceptors (Lipinski definition) is 6. The van der Waals surface area contributed by atoms with Crippen LogP contribution in [-0.4, -0.2) is 49.1 Å². The Labute approximate surface area is 233 Å². The van der Waals surface area contributed by atoms with E-state index >= 15 is 0 Å². The van der Waals surface area contributed by atoms with Crippen LogP contribution < -0.4 is 10.0 Å². The summed E-state index contributed by atoms with van der Waals surface area (Å²) >= 11 is 0. The molecule has 0 aliphatic carbocycles. The molecule has 1 heterocycles. The fourth-order valence-electron chi connectivity index (χ4n) is 4.47. The molecular weight excluding hydrogens is 528 g/mol. The third-order valence-corrected chi connectivity index (χ3v) is 8.39. The second-order valence-electron chi connectivity index (χ2n) is 9.16. The van der Waals surface area contributed by atoms with E-state index < -0.39 is 27.8 Å². The van der Waals surface area contributed by atoms with Gasteiger partial charge in [0.05, 0.1) is 16.1 Å². The summed E-state index contributed by atoms with van der Waals surface area (Å²) in [5.41, 5.74) is 6.33. The number of sulfonamides is 1. The largest absolute Gasteiger partial charge is 0.369 e. The molecule has 1 unspecified atom stereocenters. The average Bonchev–Trinajstić information content (AvgIpc) is 2.97. The van der Waals surface area contributed by atoms with Crippen molar-refractivity contribution in [3.05, 3.63) is 102 Å². The Hall–Kier alpha value is -4.57. The maximum atomic E-state index is 13.9. The van der Waals surface area contributed by atoms with Gasteiger partial charge in [-0.15, -0.1) is 0 Å². The van der Waals surface area contributed by atoms with Crippen molar-refractivity contribution in [2.24, 2.45) is 11.7 Å². The topological polar surface area (TPSA) is 131 Å². The number of primary amides is 1. The molecule has 1 atom stereocenters. The quantitative estimate of drug-likeness (QED) is 0.295. The van der Waals surface area contributed by atoms with Gasteiger partial charge in [-0.2, -0.15) is 4.31 Å². The first-order valence-electron chi connectivity index (χ1n) is 12.8. The van der Waals surface area contributed by atoms with E-state index in [9.17, 15) is 22.8 Å². The van der Waals surface area contributed by atoms with Crippen LogP contribution in [0.1, 0.15) is 29.8 Å². The van der Waals surface area contributed by atoms with Gasteiger partial charge in [0.1, 0.15) is 5.92 Å². The molecule has 0 fully saturated rings. The highest BCUT2D eigenvalue weighted by Gasteiger charge is 2.33. The van der Waals surface area contributed by atoms with E-state index in [-0.39, 0.29) is 28.5 Å². The predicted octanol–water partition coefficient (Wildman–Crippen LogP) is 3.78. The fourth-order valence-corrected chi connectivity index (χ4v) is 5.92. The molecule has 0 radical (unpaired) electrons. The van der Waals surface area contributed by atoms with Crippen molar-refractivity contribution in [1.29, 1.82) is 0 Å². The zero-order valence-electron chi connectivity index (χ0n) is 22.2. The summed E-state index contributed by atoms with van der Waals surface area (Å²) in [6.07, 6.45) is 2.83. The number of benzene rings is 3. The Morgan fingerprint density at radius 2 is 1.55 bits per heavy atom. The van der Waals surface area contributed by atoms with Crippen molar-refractivity contribution in [3.63, 3.8) is 0 Å². The summed E-state index contributed by atoms with van der Waals surface area (Å²) in [5, 5.41) is 1.57. The Bertz CT molecular complexity index is 1640. The van der Waals surface area contributed by atoms with Crippen LogP contribution in [-0.2, 0) is 26.0 Å². The number of nitrogens with zero attached hydrogens (tertiary/aromatic N) is 3. The van der Waals surface area contributed by atoms with E-state index in [2.05, 4.69) is 4.98 Å². The first-order valence-corrected chi connectivity index (χ1v) is 14.3. The van der Waals surface area contributed by atoms with Crippen LogP contribution in [0.3, 0.4) is 0 Å². The van der Waals surface area contributed by atoms with Crippen molar-refractivity contribution < 1.29 is 22.8 Å². The number of hydrogen-bond donors (Lipinski definition) is 1. The van der Waals surface area contributed by atoms with E-state index in [4.69, 9.17) is 5.73 Å². The van der Waals surface area contributed by atoms with Crippen LogP contribution in [0, 0.1) is 5.92 Å². The summed E-state index contributed by atoms with van der Waals surface area (Å²) in [6.45, 7) is 4.52. The lowest BCUT2D eigenvalue weighted by Crippen LogP contribution is -2.42. The minimum Gasteiger partial charge on any atom is -0.369 e. The molecule has 9 nitrogen and oxygen atoms in total. The zero-order chi connectivity index (χ0) is 28.9. The molecule has 0 saturated carbocycles. The van der Waals surface area contributed by atoms with Crippen molar-refractivity contribution in [3.8, 4) is 0 Å². The van der Waals surface area contributed by atoms with Gasteiger partial charge in [-0.1, -0.05) is 42.5 Å². The second kappa shape index (κ2) is 12.1. The van der Waals surface area contributed by atoms with Crippen LogP contribution in [0.5, 0.6) is 0 Å². The zero-order valence-corrected chi connectivity index (χ0v) is 23.0. The Morgan fingerprint density at radius 3 is 2.15 bits per heavy atom. The Morgan fingerprint density at radius 1 is 0.875 bits per heavy atom. The van der Waals surface area contributed by atoms with Crippen LogP contribution in [0.15, 0.2) is 96.2 Å². The van der Waals surface area contributed by atoms with E-state index in [1.165, 1.54) is 47.6 Å². The van der Waals surface area contributed by atoms with Gasteiger partial charge >= 0.3 is 0 Å². The van der Waals surface area contributed by atoms with Crippen molar-refractivity contribution >= 4 is 44.2 Å². The summed E-state index contributed by atoms with van der Waals surface area (Å²) in [5.74, 6) is -2.96. The van der Waals surface area contributed by atoms with E-state index in [0.29, 0.717) is 24.0 Å². The molecule has 4 rings (SSSR count). The third kappa shape index (κ3) is 5.86. The smallest absolute Gasteiger partial charge is 0.273 e. The lowest BCUT2D eigenvalue weighted by Gasteiger charge is -2.24. The minimum atomic E-state index is -4.35. The number of fused-ring (bicyclic) bond motifs is 1. The third-order valence-electron chi connectivity index (χ3n) is 6.68. The first kappa shape index (κ1) is 28.4. The highest BCUT2D eigenvalue weighted by molar-refractivity contribution is 7.93. The molecule has 1 aromatic heterocycles. The van der Waals surface area contributed by atoms with Gasteiger partial charge in [-0.3, -0.25) is 19.4 Å². The molecule has 206 valence electrons. The molecule has 0 aliphatic rings. The van der Waals surface area contributed by atoms with Gasteiger partial charge < -0.3 is 10.6 Å². The van der Waals surface area contributed by atoms with Crippen molar-refractivity contribution in [2.45, 2.75) is 25.2 Å². The van der Waals surface area contributed by atoms with Crippen molar-refractivity contribution in [2.75, 3.05) is 17.4 Å². The van der Waals surface area contributed by atoms with Crippen LogP contribution >= 0.6 is 0 Å². The highest BCUT2D eigenvalue weighted by atomic mass is 32.2. The number of amides is 3. The normalized spacial score (nSPS) is 12.1. The molecule has 40 heavy (non-hydrogen) atoms. The number of aromatic nitrogens is 1. The number of nitrogens with two attached hydrogens (primary N) is 1. The molecule has 0 bridgehead atoms. The lowest BCUT2D eigenvalue weighted by molar-refractivity contribution is -0.140. The van der Waals surface area contributed by atoms with Gasteiger partial charge in [0.25, 0.3) is 15.9 Å². The van der Waals surface area contributed by atoms with Crippen LogP contribution in [0.4, 0.5) is 5.69 Å². The molecule has 3 aromatic carbocycles. The number of rotatable bonds is 10. The SMILES string of the molecule is CCN(CC)C(=O)C(Cc1ccc(N(C(=O)c2cccnc2)S(=O)(=O)c2ccc3ccccc3c2)cc1)C(N)=O. The van der Waals surface area contributed by atoms with E-state index in [0.717, 1.165) is 9.69 Å². The summed E-state index contributed by atoms with van der Waals surface area (Å²) < 4.78 is 28.6. The molecular formula is C30H30N4O5S. The number of pyridine rings is 1. The standard InChI is InChI=1S/C30H30N4O5S/c1-3-33(4-2)30(37)27(28(31)35)18-21-11-14-25(15-12-21)34(29(36)24-10-7-17-32-20-24)40(38,39)26-16-13-22-8-5-6-9-23(22)19-26/h5-17,19-20,27H,3-4,18H2,1-2H3,(H2,31,35). The van der Waals surface area contributed by atoms with Gasteiger partial charge in [0, 0.05) is 25.5 Å². The number of carbonyl (C=O) groups excluding carboxylic acids is 3. The van der Waals surface area contributed by atoms with Crippen molar-refractivity contribution in [1.82, 2.24) is 9.88 Å². The molecule has 10 heteroatoms. The molecule has 2 N–H and O–H groups in total. The predicted molar refractivity (Wildman–Crippen MR) is 153 cm³/mol. The minimum absolute atomic E-state index is 0.0406. The van der Waals surface area contributed by atoms with Gasteiger partial charge in [-0.25, -0.2) is 8.42 Å². The first-order chi connectivity index (χ1) is 19.2. The molecule has 4 aromatic rings. The molecule has 0 saturated heterocycles. The Balaban J connectivity index is 1.73. The fraction of sp³-hybridized carbons (Fsp3) is 0.200. The van der Waals surface area contributed by atoms with Crippen LogP contribution in [0.2, 0.25) is 0 Å². The molecule has 0 aliphatic heterocycles. The number of anilines is 1. The van der Waals surface area contributed by atoms with Crippen LogP contribution in [0.25, 0.3) is 10.8 Å². The summed E-state index contributed by atoms with van der Waals surface area (Å²) in [7, 11) is -4.35. The maximum absolute atomic E-state index is 13.9. The highest BCUT2D eigenvalue weighted by Crippen LogP contribution is 2.29. The van der Waals surface area contributed by atoms with E-state index in [1.54, 1.807) is 36.4 Å². The van der Waals surface area contributed by atoms with E-state index in [1.807, 2.05) is 26.0 Å².